The summed E-state index contributed by atoms with van der Waals surface area (Å²) >= 11 is 0. The van der Waals surface area contributed by atoms with Crippen LogP contribution in [0.5, 0.6) is 17.2 Å². The van der Waals surface area contributed by atoms with Crippen molar-refractivity contribution in [2.75, 3.05) is 74.8 Å². The van der Waals surface area contributed by atoms with Gasteiger partial charge in [0.1, 0.15) is 11.6 Å². The fraction of sp³-hybridized carbons (Fsp3) is 0.424. The number of aromatic nitrogens is 3. The van der Waals surface area contributed by atoms with Crippen molar-refractivity contribution in [3.63, 3.8) is 0 Å². The number of hydrogen-bond donors (Lipinski definition) is 2. The molecule has 4 heterocycles. The molecule has 11 nitrogen and oxygen atoms in total. The summed E-state index contributed by atoms with van der Waals surface area (Å²) in [5.74, 6) is 3.13. The zero-order chi connectivity index (χ0) is 31.7. The highest BCUT2D eigenvalue weighted by atomic mass is 19.1. The second kappa shape index (κ2) is 12.8. The summed E-state index contributed by atoms with van der Waals surface area (Å²) in [6.45, 7) is 10.6. The molecule has 0 bridgehead atoms. The number of fused-ring (bicyclic) bond motifs is 1. The summed E-state index contributed by atoms with van der Waals surface area (Å²) in [5, 5.41) is 0. The maximum atomic E-state index is 15.4. The van der Waals surface area contributed by atoms with Crippen LogP contribution < -0.4 is 35.5 Å². The van der Waals surface area contributed by atoms with Gasteiger partial charge in [-0.1, -0.05) is 6.58 Å². The predicted molar refractivity (Wildman–Crippen MR) is 174 cm³/mol. The van der Waals surface area contributed by atoms with Crippen molar-refractivity contribution in [1.29, 1.82) is 0 Å². The van der Waals surface area contributed by atoms with E-state index >= 15 is 4.39 Å². The summed E-state index contributed by atoms with van der Waals surface area (Å²) in [4.78, 5) is 19.6. The van der Waals surface area contributed by atoms with Gasteiger partial charge in [0.05, 0.1) is 20.8 Å². The maximum absolute atomic E-state index is 15.4. The molecule has 2 fully saturated rings. The highest BCUT2D eigenvalue weighted by Gasteiger charge is 2.35. The third-order valence-corrected chi connectivity index (χ3v) is 8.62. The Morgan fingerprint density at radius 1 is 1.00 bits per heavy atom. The minimum absolute atomic E-state index is 0.136. The van der Waals surface area contributed by atoms with Crippen LogP contribution in [0.1, 0.15) is 42.9 Å². The molecule has 3 aromatic rings. The second-order valence-corrected chi connectivity index (χ2v) is 11.8. The number of nitrogen functional groups attached to an aromatic ring is 2. The fourth-order valence-corrected chi connectivity index (χ4v) is 5.92. The van der Waals surface area contributed by atoms with Crippen LogP contribution >= 0.6 is 0 Å². The Balaban J connectivity index is 1.03. The van der Waals surface area contributed by atoms with Crippen molar-refractivity contribution < 1.29 is 18.6 Å². The molecule has 2 aromatic heterocycles. The molecule has 1 aromatic carbocycles. The van der Waals surface area contributed by atoms with Gasteiger partial charge in [-0.2, -0.15) is 4.98 Å². The molecule has 45 heavy (non-hydrogen) atoms. The molecule has 6 rings (SSSR count). The Morgan fingerprint density at radius 2 is 1.71 bits per heavy atom. The number of ether oxygens (including phenoxy) is 3. The van der Waals surface area contributed by atoms with Gasteiger partial charge in [0.2, 0.25) is 11.7 Å². The molecule has 4 N–H and O–H groups in total. The number of nitrogens with zero attached hydrogens (tertiary/aromatic N) is 6. The molecule has 238 valence electrons. The average Bonchev–Trinajstić information content (AvgIpc) is 3.88. The number of anilines is 4. The average molecular weight is 617 g/mol. The summed E-state index contributed by atoms with van der Waals surface area (Å²) in [6.07, 6.45) is 7.30. The normalized spacial score (nSPS) is 16.8. The van der Waals surface area contributed by atoms with Crippen LogP contribution in [-0.2, 0) is 6.42 Å². The van der Waals surface area contributed by atoms with Crippen LogP contribution in [-0.4, -0.2) is 79.4 Å². The van der Waals surface area contributed by atoms with E-state index in [1.54, 1.807) is 26.5 Å². The van der Waals surface area contributed by atoms with Crippen LogP contribution in [0.3, 0.4) is 0 Å². The molecule has 3 aliphatic rings. The van der Waals surface area contributed by atoms with Gasteiger partial charge >= 0.3 is 0 Å². The lowest BCUT2D eigenvalue weighted by Gasteiger charge is -2.36. The van der Waals surface area contributed by atoms with Crippen molar-refractivity contribution >= 4 is 29.0 Å². The van der Waals surface area contributed by atoms with Crippen LogP contribution in [0.15, 0.2) is 42.7 Å². The topological polar surface area (TPSA) is 128 Å². The summed E-state index contributed by atoms with van der Waals surface area (Å²) in [7, 11) is 3.20. The van der Waals surface area contributed by atoms with Crippen LogP contribution in [0.2, 0.25) is 0 Å². The first-order chi connectivity index (χ1) is 21.7. The lowest BCUT2D eigenvalue weighted by molar-refractivity contribution is 0.216. The van der Waals surface area contributed by atoms with Crippen molar-refractivity contribution in [3.05, 3.63) is 65.3 Å². The predicted octanol–water partition coefficient (Wildman–Crippen LogP) is 4.27. The lowest BCUT2D eigenvalue weighted by Crippen LogP contribution is -2.47. The van der Waals surface area contributed by atoms with E-state index in [0.29, 0.717) is 61.0 Å². The van der Waals surface area contributed by atoms with Crippen molar-refractivity contribution in [1.82, 2.24) is 19.9 Å². The first kappa shape index (κ1) is 30.4. The number of nitrogens with two attached hydrogens (primary N) is 2. The SMILES string of the molecule is C=C1C(C)=CN(C2CC2)c2nc(N3CCN(CCCOc4c(OC)cc(Cc5cnc(N)nc5N)cc4OC)CC3)c(F)cc21. The molecule has 0 radical (unpaired) electrons. The van der Waals surface area contributed by atoms with Gasteiger partial charge in [-0.15, -0.1) is 0 Å². The van der Waals surface area contributed by atoms with Crippen LogP contribution in [0.4, 0.5) is 27.8 Å². The summed E-state index contributed by atoms with van der Waals surface area (Å²) < 4.78 is 32.8. The molecular formula is C33H41FN8O3. The molecule has 0 amide bonds. The number of halogens is 1. The van der Waals surface area contributed by atoms with Crippen LogP contribution in [0.25, 0.3) is 5.57 Å². The molecule has 1 aliphatic carbocycles. The van der Waals surface area contributed by atoms with Gasteiger partial charge in [0, 0.05) is 68.7 Å². The number of hydrogen-bond acceptors (Lipinski definition) is 11. The van der Waals surface area contributed by atoms with E-state index in [0.717, 1.165) is 72.6 Å². The van der Waals surface area contributed by atoms with E-state index in [9.17, 15) is 0 Å². The summed E-state index contributed by atoms with van der Waals surface area (Å²) in [6, 6.07) is 5.86. The Kier molecular flexibility index (Phi) is 8.66. The number of allylic oxidation sites excluding steroid dienone is 2. The minimum Gasteiger partial charge on any atom is -0.493 e. The van der Waals surface area contributed by atoms with Gasteiger partial charge in [0.15, 0.2) is 23.1 Å². The second-order valence-electron chi connectivity index (χ2n) is 11.8. The van der Waals surface area contributed by atoms with E-state index in [-0.39, 0.29) is 11.8 Å². The standard InChI is InChI=1S/C33H41FN8O3/c1-20-19-42(24-6-7-24)31-25(21(20)2)17-26(34)32(39-31)41-11-9-40(10-12-41)8-5-13-45-29-27(43-3)15-22(16-28(29)44-4)14-23-18-37-33(36)38-30(23)35/h15-19,24H,2,5-14H2,1,3-4H3,(H4,35,36,37,38). The Hall–Kier alpha value is -4.58. The highest BCUT2D eigenvalue weighted by molar-refractivity contribution is 5.87. The zero-order valence-corrected chi connectivity index (χ0v) is 26.2. The first-order valence-electron chi connectivity index (χ1n) is 15.3. The number of methoxy groups -OCH3 is 2. The lowest BCUT2D eigenvalue weighted by atomic mass is 9.98. The number of pyridine rings is 1. The van der Waals surface area contributed by atoms with Gasteiger partial charge in [-0.3, -0.25) is 4.90 Å². The first-order valence-corrected chi connectivity index (χ1v) is 15.3. The maximum Gasteiger partial charge on any atom is 0.221 e. The molecule has 1 saturated carbocycles. The van der Waals surface area contributed by atoms with Gasteiger partial charge in [0.25, 0.3) is 0 Å². The molecule has 1 saturated heterocycles. The van der Waals surface area contributed by atoms with Crippen LogP contribution in [0, 0.1) is 5.82 Å². The third kappa shape index (κ3) is 6.46. The van der Waals surface area contributed by atoms with E-state index < -0.39 is 0 Å². The van der Waals surface area contributed by atoms with Crippen molar-refractivity contribution in [2.45, 2.75) is 38.6 Å². The Labute approximate surface area is 263 Å². The number of piperazine rings is 1. The van der Waals surface area contributed by atoms with E-state index in [2.05, 4.69) is 37.4 Å². The zero-order valence-electron chi connectivity index (χ0n) is 26.2. The Bertz CT molecular complexity index is 1590. The van der Waals surface area contributed by atoms with Gasteiger partial charge < -0.3 is 35.5 Å². The fourth-order valence-electron chi connectivity index (χ4n) is 5.92. The third-order valence-electron chi connectivity index (χ3n) is 8.62. The minimum atomic E-state index is -0.290. The van der Waals surface area contributed by atoms with Gasteiger partial charge in [-0.05, 0) is 61.1 Å². The summed E-state index contributed by atoms with van der Waals surface area (Å²) in [5.41, 5.74) is 16.0. The Morgan fingerprint density at radius 3 is 2.36 bits per heavy atom. The van der Waals surface area contributed by atoms with Gasteiger partial charge in [-0.25, -0.2) is 14.4 Å². The number of rotatable bonds is 11. The molecule has 0 spiro atoms. The molecule has 0 atom stereocenters. The molecule has 2 aliphatic heterocycles. The highest BCUT2D eigenvalue weighted by Crippen LogP contribution is 2.43. The van der Waals surface area contributed by atoms with Crippen molar-refractivity contribution in [3.8, 4) is 17.2 Å². The molecular weight excluding hydrogens is 575 g/mol. The van der Waals surface area contributed by atoms with E-state index in [4.69, 9.17) is 30.7 Å². The van der Waals surface area contributed by atoms with E-state index in [1.165, 1.54) is 0 Å². The smallest absolute Gasteiger partial charge is 0.221 e. The monoisotopic (exact) mass is 616 g/mol. The van der Waals surface area contributed by atoms with Crippen molar-refractivity contribution in [2.24, 2.45) is 0 Å². The molecule has 12 heteroatoms. The van der Waals surface area contributed by atoms with E-state index in [1.807, 2.05) is 19.1 Å². The quantitative estimate of drug-likeness (QED) is 0.300. The largest absolute Gasteiger partial charge is 0.493 e. The molecule has 0 unspecified atom stereocenters. The number of benzene rings is 1.